The van der Waals surface area contributed by atoms with Crippen molar-refractivity contribution in [2.45, 2.75) is 39.3 Å². The minimum Gasteiger partial charge on any atom is -0.481 e. The van der Waals surface area contributed by atoms with Crippen molar-refractivity contribution in [2.75, 3.05) is 45.1 Å². The number of nitrogens with zero attached hydrogens (tertiary/aromatic N) is 5. The molecule has 1 aliphatic rings. The Morgan fingerprint density at radius 3 is 2.72 bits per heavy atom. The molecule has 0 amide bonds. The number of nitrogen functional groups attached to an aromatic ring is 1. The van der Waals surface area contributed by atoms with E-state index in [1.807, 2.05) is 24.3 Å². The summed E-state index contributed by atoms with van der Waals surface area (Å²) in [4.78, 5) is 37.2. The number of anilines is 1. The van der Waals surface area contributed by atoms with E-state index in [0.717, 1.165) is 50.1 Å². The standard InChI is InChI=1S/C24H34N8O4/c1-2-3-13-36-23-28-21(25)20-22(29-23)32(24(35)27-20)12-9-30-7-10-31(11-8-30)26-16-18-6-4-5-17(14-18)15-19(33)34/h4-6,14,26H,2-3,7-13,15-16H2,1H3,(H,27,35)(H,33,34)(H2,25,28,29). The number of aromatic amines is 1. The molecule has 2 aromatic heterocycles. The average molecular weight is 499 g/mol. The molecule has 5 N–H and O–H groups in total. The lowest BCUT2D eigenvalue weighted by molar-refractivity contribution is -0.136. The molecule has 0 unspecified atom stereocenters. The van der Waals surface area contributed by atoms with Gasteiger partial charge in [0.2, 0.25) is 0 Å². The number of carboxylic acids is 1. The van der Waals surface area contributed by atoms with E-state index in [4.69, 9.17) is 15.6 Å². The maximum Gasteiger partial charge on any atom is 0.327 e. The number of hydrazine groups is 1. The normalized spacial score (nSPS) is 14.9. The summed E-state index contributed by atoms with van der Waals surface area (Å²) in [6.45, 7) is 7.78. The number of ether oxygens (including phenoxy) is 1. The van der Waals surface area contributed by atoms with Crippen LogP contribution in [0.15, 0.2) is 29.1 Å². The highest BCUT2D eigenvalue weighted by atomic mass is 16.5. The molecule has 3 heterocycles. The van der Waals surface area contributed by atoms with Crippen molar-refractivity contribution in [1.29, 1.82) is 0 Å². The average Bonchev–Trinajstić information content (AvgIpc) is 3.17. The van der Waals surface area contributed by atoms with Crippen LogP contribution in [-0.4, -0.2) is 79.8 Å². The second-order valence-electron chi connectivity index (χ2n) is 8.93. The van der Waals surface area contributed by atoms with E-state index in [0.29, 0.717) is 37.4 Å². The quantitative estimate of drug-likeness (QED) is 0.264. The number of H-pyrrole nitrogens is 1. The number of piperazine rings is 1. The van der Waals surface area contributed by atoms with Gasteiger partial charge < -0.3 is 20.6 Å². The zero-order valence-corrected chi connectivity index (χ0v) is 20.6. The van der Waals surface area contributed by atoms with Gasteiger partial charge >= 0.3 is 17.7 Å². The number of nitrogens with two attached hydrogens (primary N) is 1. The number of imidazole rings is 1. The molecule has 0 spiro atoms. The van der Waals surface area contributed by atoms with E-state index in [-0.39, 0.29) is 23.9 Å². The topological polar surface area (TPSA) is 155 Å². The Hall–Kier alpha value is -3.48. The summed E-state index contributed by atoms with van der Waals surface area (Å²) in [6, 6.07) is 7.82. The first kappa shape index (κ1) is 25.6. The summed E-state index contributed by atoms with van der Waals surface area (Å²) in [5.41, 5.74) is 11.9. The van der Waals surface area contributed by atoms with Crippen molar-refractivity contribution in [1.82, 2.24) is 34.9 Å². The molecule has 0 bridgehead atoms. The fraction of sp³-hybridized carbons (Fsp3) is 0.500. The molecule has 1 saturated heterocycles. The Morgan fingerprint density at radius 1 is 1.19 bits per heavy atom. The number of fused-ring (bicyclic) bond motifs is 1. The third-order valence-electron chi connectivity index (χ3n) is 6.22. The van der Waals surface area contributed by atoms with Gasteiger partial charge in [-0.15, -0.1) is 0 Å². The summed E-state index contributed by atoms with van der Waals surface area (Å²) in [7, 11) is 0. The first-order chi connectivity index (χ1) is 17.4. The van der Waals surface area contributed by atoms with E-state index >= 15 is 0 Å². The van der Waals surface area contributed by atoms with Crippen LogP contribution < -0.4 is 21.6 Å². The van der Waals surface area contributed by atoms with Crippen LogP contribution in [0.2, 0.25) is 0 Å². The molecule has 1 aromatic carbocycles. The molecule has 1 fully saturated rings. The Kier molecular flexibility index (Phi) is 8.52. The van der Waals surface area contributed by atoms with E-state index in [9.17, 15) is 9.59 Å². The first-order valence-electron chi connectivity index (χ1n) is 12.3. The molecule has 4 rings (SSSR count). The summed E-state index contributed by atoms with van der Waals surface area (Å²) < 4.78 is 7.20. The molecule has 194 valence electrons. The highest BCUT2D eigenvalue weighted by molar-refractivity contribution is 5.81. The summed E-state index contributed by atoms with van der Waals surface area (Å²) in [5, 5.41) is 11.2. The van der Waals surface area contributed by atoms with Crippen LogP contribution in [0.4, 0.5) is 5.82 Å². The lowest BCUT2D eigenvalue weighted by atomic mass is 10.1. The maximum absolute atomic E-state index is 12.6. The van der Waals surface area contributed by atoms with Gasteiger partial charge in [-0.05, 0) is 17.5 Å². The number of hydrogen-bond donors (Lipinski definition) is 4. The molecule has 12 heteroatoms. The molecule has 0 aliphatic carbocycles. The smallest absolute Gasteiger partial charge is 0.327 e. The van der Waals surface area contributed by atoms with Crippen LogP contribution in [0, 0.1) is 0 Å². The van der Waals surface area contributed by atoms with Crippen molar-refractivity contribution in [3.63, 3.8) is 0 Å². The predicted molar refractivity (Wildman–Crippen MR) is 136 cm³/mol. The number of benzene rings is 1. The van der Waals surface area contributed by atoms with Gasteiger partial charge in [0.1, 0.15) is 5.52 Å². The highest BCUT2D eigenvalue weighted by Crippen LogP contribution is 2.18. The van der Waals surface area contributed by atoms with Gasteiger partial charge in [-0.25, -0.2) is 9.80 Å². The van der Waals surface area contributed by atoms with Crippen LogP contribution in [0.25, 0.3) is 11.2 Å². The number of aromatic nitrogens is 4. The fourth-order valence-corrected chi connectivity index (χ4v) is 4.21. The van der Waals surface area contributed by atoms with Crippen LogP contribution in [0.5, 0.6) is 6.01 Å². The number of hydrogen-bond acceptors (Lipinski definition) is 9. The van der Waals surface area contributed by atoms with Crippen molar-refractivity contribution in [2.24, 2.45) is 0 Å². The minimum absolute atomic E-state index is 0.0256. The highest BCUT2D eigenvalue weighted by Gasteiger charge is 2.19. The number of carboxylic acid groups (broad SMARTS) is 1. The van der Waals surface area contributed by atoms with Crippen molar-refractivity contribution in [3.8, 4) is 6.01 Å². The van der Waals surface area contributed by atoms with Crippen LogP contribution >= 0.6 is 0 Å². The van der Waals surface area contributed by atoms with E-state index in [1.165, 1.54) is 0 Å². The van der Waals surface area contributed by atoms with Crippen molar-refractivity contribution >= 4 is 23.0 Å². The van der Waals surface area contributed by atoms with Crippen molar-refractivity contribution < 1.29 is 14.6 Å². The first-order valence-corrected chi connectivity index (χ1v) is 12.3. The molecule has 0 atom stereocenters. The second kappa shape index (κ2) is 12.0. The predicted octanol–water partition coefficient (Wildman–Crippen LogP) is 0.830. The number of unbranched alkanes of at least 4 members (excludes halogenated alkanes) is 1. The minimum atomic E-state index is -0.831. The van der Waals surface area contributed by atoms with Crippen LogP contribution in [-0.2, 0) is 24.3 Å². The number of nitrogens with one attached hydrogen (secondary N) is 2. The molecule has 1 aliphatic heterocycles. The lowest BCUT2D eigenvalue weighted by Gasteiger charge is -2.34. The van der Waals surface area contributed by atoms with Crippen LogP contribution in [0.3, 0.4) is 0 Å². The zero-order valence-electron chi connectivity index (χ0n) is 20.6. The number of aliphatic carboxylic acids is 1. The summed E-state index contributed by atoms with van der Waals surface area (Å²) in [5.74, 6) is -0.627. The number of rotatable bonds is 12. The van der Waals surface area contributed by atoms with Gasteiger partial charge in [-0.3, -0.25) is 19.7 Å². The van der Waals surface area contributed by atoms with E-state index < -0.39 is 5.97 Å². The Bertz CT molecular complexity index is 1230. The molecular formula is C24H34N8O4. The van der Waals surface area contributed by atoms with Gasteiger partial charge in [0.15, 0.2) is 11.5 Å². The van der Waals surface area contributed by atoms with Crippen molar-refractivity contribution in [3.05, 3.63) is 45.9 Å². The summed E-state index contributed by atoms with van der Waals surface area (Å²) >= 11 is 0. The SMILES string of the molecule is CCCCOc1nc(N)c2[nH]c(=O)n(CCN3CCN(NCc4cccc(CC(=O)O)c4)CC3)c2n1. The van der Waals surface area contributed by atoms with Gasteiger partial charge in [0.25, 0.3) is 0 Å². The maximum atomic E-state index is 12.6. The fourth-order valence-electron chi connectivity index (χ4n) is 4.21. The Balaban J connectivity index is 1.28. The molecule has 36 heavy (non-hydrogen) atoms. The number of carbonyl (C=O) groups is 1. The molecular weight excluding hydrogens is 464 g/mol. The van der Waals surface area contributed by atoms with Crippen LogP contribution in [0.1, 0.15) is 30.9 Å². The monoisotopic (exact) mass is 498 g/mol. The second-order valence-corrected chi connectivity index (χ2v) is 8.93. The Labute approximate surface area is 209 Å². The molecule has 0 saturated carbocycles. The van der Waals surface area contributed by atoms with Gasteiger partial charge in [-0.2, -0.15) is 9.97 Å². The van der Waals surface area contributed by atoms with E-state index in [1.54, 1.807) is 4.57 Å². The van der Waals surface area contributed by atoms with E-state index in [2.05, 4.69) is 37.2 Å². The zero-order chi connectivity index (χ0) is 25.5. The van der Waals surface area contributed by atoms with Gasteiger partial charge in [0, 0.05) is 45.8 Å². The Morgan fingerprint density at radius 2 is 1.97 bits per heavy atom. The molecule has 12 nitrogen and oxygen atoms in total. The van der Waals surface area contributed by atoms with Gasteiger partial charge in [0.05, 0.1) is 13.0 Å². The largest absolute Gasteiger partial charge is 0.481 e. The summed E-state index contributed by atoms with van der Waals surface area (Å²) in [6.07, 6.45) is 1.91. The molecule has 3 aromatic rings. The third-order valence-corrected chi connectivity index (χ3v) is 6.22. The van der Waals surface area contributed by atoms with Gasteiger partial charge in [-0.1, -0.05) is 37.6 Å². The molecule has 0 radical (unpaired) electrons. The lowest BCUT2D eigenvalue weighted by Crippen LogP contribution is -2.52. The third kappa shape index (κ3) is 6.59.